The number of nitrogens with zero attached hydrogens (tertiary/aromatic N) is 1. The van der Waals surface area contributed by atoms with Crippen LogP contribution < -0.4 is 10.1 Å². The van der Waals surface area contributed by atoms with Crippen LogP contribution in [0.4, 0.5) is 0 Å². The van der Waals surface area contributed by atoms with Gasteiger partial charge in [-0.3, -0.25) is 4.90 Å². The number of ether oxygens (including phenoxy) is 1. The number of hydrogen-bond acceptors (Lipinski definition) is 3. The zero-order valence-electron chi connectivity index (χ0n) is 15.3. The molecule has 1 heterocycles. The molecule has 1 atom stereocenters. The van der Waals surface area contributed by atoms with Crippen molar-refractivity contribution < 1.29 is 4.74 Å². The third-order valence-corrected chi connectivity index (χ3v) is 3.82. The summed E-state index contributed by atoms with van der Waals surface area (Å²) >= 11 is 0. The van der Waals surface area contributed by atoms with E-state index in [0.29, 0.717) is 6.04 Å². The molecule has 1 aromatic rings. The lowest BCUT2D eigenvalue weighted by Gasteiger charge is -2.35. The summed E-state index contributed by atoms with van der Waals surface area (Å²) in [5, 5.41) is 3.43. The molecule has 5 heteroatoms. The molecule has 0 saturated carbocycles. The van der Waals surface area contributed by atoms with Crippen LogP contribution in [0.25, 0.3) is 0 Å². The topological polar surface area (TPSA) is 24.5 Å². The normalized spacial score (nSPS) is 16.5. The molecule has 0 aromatic heterocycles. The molecule has 0 radical (unpaired) electrons. The molecule has 24 heavy (non-hydrogen) atoms. The molecule has 1 aliphatic heterocycles. The van der Waals surface area contributed by atoms with Gasteiger partial charge >= 0.3 is 0 Å². The zero-order chi connectivity index (χ0) is 16.2. The highest BCUT2D eigenvalue weighted by Gasteiger charge is 2.22. The summed E-state index contributed by atoms with van der Waals surface area (Å²) in [4.78, 5) is 2.56. The van der Waals surface area contributed by atoms with Crippen molar-refractivity contribution in [3.05, 3.63) is 42.0 Å². The van der Waals surface area contributed by atoms with Crippen LogP contribution >= 0.6 is 24.8 Å². The molecule has 0 amide bonds. The lowest BCUT2D eigenvalue weighted by molar-refractivity contribution is 0.130. The SMILES string of the molecule is C=C(C)C[C@H](c1ccc(OC(C)(C)C)cc1)N1CCNCC1.Cl.Cl. The number of benzene rings is 1. The van der Waals surface area contributed by atoms with E-state index < -0.39 is 0 Å². The van der Waals surface area contributed by atoms with Gasteiger partial charge in [-0.15, -0.1) is 31.4 Å². The first-order valence-electron chi connectivity index (χ1n) is 8.23. The largest absolute Gasteiger partial charge is 0.488 e. The Morgan fingerprint density at radius 2 is 1.71 bits per heavy atom. The van der Waals surface area contributed by atoms with E-state index >= 15 is 0 Å². The Morgan fingerprint density at radius 3 is 2.17 bits per heavy atom. The van der Waals surface area contributed by atoms with Crippen molar-refractivity contribution >= 4 is 24.8 Å². The molecule has 138 valence electrons. The fourth-order valence-corrected chi connectivity index (χ4v) is 2.89. The van der Waals surface area contributed by atoms with Gasteiger partial charge < -0.3 is 10.1 Å². The van der Waals surface area contributed by atoms with E-state index in [1.807, 2.05) is 0 Å². The molecule has 2 rings (SSSR count). The monoisotopic (exact) mass is 374 g/mol. The van der Waals surface area contributed by atoms with Crippen LogP contribution in [-0.4, -0.2) is 36.7 Å². The summed E-state index contributed by atoms with van der Waals surface area (Å²) < 4.78 is 5.92. The van der Waals surface area contributed by atoms with Gasteiger partial charge in [-0.25, -0.2) is 0 Å². The lowest BCUT2D eigenvalue weighted by atomic mass is 9.98. The van der Waals surface area contributed by atoms with E-state index in [0.717, 1.165) is 38.3 Å². The first-order valence-corrected chi connectivity index (χ1v) is 8.23. The number of rotatable bonds is 5. The average molecular weight is 375 g/mol. The van der Waals surface area contributed by atoms with E-state index in [-0.39, 0.29) is 30.4 Å². The summed E-state index contributed by atoms with van der Waals surface area (Å²) in [6.45, 7) is 16.8. The van der Waals surface area contributed by atoms with Crippen LogP contribution in [0.1, 0.15) is 45.7 Å². The Balaban J connectivity index is 0.00000264. The van der Waals surface area contributed by atoms with Crippen molar-refractivity contribution in [3.63, 3.8) is 0 Å². The summed E-state index contributed by atoms with van der Waals surface area (Å²) in [5.41, 5.74) is 2.43. The van der Waals surface area contributed by atoms with E-state index in [1.165, 1.54) is 11.1 Å². The summed E-state index contributed by atoms with van der Waals surface area (Å²) in [6.07, 6.45) is 1.01. The molecule has 0 aliphatic carbocycles. The van der Waals surface area contributed by atoms with Crippen LogP contribution in [0.3, 0.4) is 0 Å². The standard InChI is InChI=1S/C19H30N2O.2ClH/c1-15(2)14-18(21-12-10-20-11-13-21)16-6-8-17(9-7-16)22-19(3,4)5;;/h6-9,18,20H,1,10-14H2,2-5H3;2*1H/t18-;;/m1../s1. The molecule has 1 aliphatic rings. The third kappa shape index (κ3) is 7.43. The lowest BCUT2D eigenvalue weighted by Crippen LogP contribution is -2.45. The molecule has 0 spiro atoms. The predicted octanol–water partition coefficient (Wildman–Crippen LogP) is 4.62. The van der Waals surface area contributed by atoms with Crippen molar-refractivity contribution in [2.24, 2.45) is 0 Å². The maximum absolute atomic E-state index is 5.92. The number of piperazine rings is 1. The van der Waals surface area contributed by atoms with Crippen LogP contribution in [0.2, 0.25) is 0 Å². The zero-order valence-corrected chi connectivity index (χ0v) is 16.9. The average Bonchev–Trinajstić information content (AvgIpc) is 2.45. The Bertz CT molecular complexity index is 491. The van der Waals surface area contributed by atoms with Crippen molar-refractivity contribution in [2.75, 3.05) is 26.2 Å². The maximum atomic E-state index is 5.92. The summed E-state index contributed by atoms with van der Waals surface area (Å²) in [6, 6.07) is 9.01. The summed E-state index contributed by atoms with van der Waals surface area (Å²) in [5.74, 6) is 0.936. The van der Waals surface area contributed by atoms with Crippen LogP contribution in [0.5, 0.6) is 5.75 Å². The van der Waals surface area contributed by atoms with E-state index in [4.69, 9.17) is 4.74 Å². The minimum absolute atomic E-state index is 0. The molecular weight excluding hydrogens is 343 g/mol. The van der Waals surface area contributed by atoms with E-state index in [9.17, 15) is 0 Å². The first-order chi connectivity index (χ1) is 10.3. The minimum atomic E-state index is -0.156. The second-order valence-electron chi connectivity index (χ2n) is 7.25. The quantitative estimate of drug-likeness (QED) is 0.760. The van der Waals surface area contributed by atoms with Gasteiger partial charge in [0.1, 0.15) is 11.4 Å². The highest BCUT2D eigenvalue weighted by molar-refractivity contribution is 5.85. The Morgan fingerprint density at radius 1 is 1.17 bits per heavy atom. The van der Waals surface area contributed by atoms with Gasteiger partial charge in [0, 0.05) is 32.2 Å². The molecular formula is C19H32Cl2N2O. The highest BCUT2D eigenvalue weighted by atomic mass is 35.5. The van der Waals surface area contributed by atoms with Gasteiger partial charge in [0.05, 0.1) is 0 Å². The Hall–Kier alpha value is -0.740. The molecule has 0 unspecified atom stereocenters. The molecule has 1 aromatic carbocycles. The fraction of sp³-hybridized carbons (Fsp3) is 0.579. The molecule has 1 saturated heterocycles. The molecule has 3 nitrogen and oxygen atoms in total. The van der Waals surface area contributed by atoms with E-state index in [1.54, 1.807) is 0 Å². The van der Waals surface area contributed by atoms with Gasteiger partial charge in [-0.05, 0) is 51.8 Å². The Labute approximate surface area is 159 Å². The maximum Gasteiger partial charge on any atom is 0.120 e. The van der Waals surface area contributed by atoms with Gasteiger partial charge in [-0.2, -0.15) is 0 Å². The molecule has 1 fully saturated rings. The van der Waals surface area contributed by atoms with Crippen LogP contribution in [0, 0.1) is 0 Å². The minimum Gasteiger partial charge on any atom is -0.488 e. The van der Waals surface area contributed by atoms with Crippen molar-refractivity contribution in [1.29, 1.82) is 0 Å². The van der Waals surface area contributed by atoms with Gasteiger partial charge in [-0.1, -0.05) is 17.7 Å². The van der Waals surface area contributed by atoms with Gasteiger partial charge in [0.15, 0.2) is 0 Å². The first kappa shape index (κ1) is 23.3. The fourth-order valence-electron chi connectivity index (χ4n) is 2.89. The van der Waals surface area contributed by atoms with Crippen LogP contribution in [0.15, 0.2) is 36.4 Å². The second-order valence-corrected chi connectivity index (χ2v) is 7.25. The van der Waals surface area contributed by atoms with Crippen LogP contribution in [-0.2, 0) is 0 Å². The third-order valence-electron chi connectivity index (χ3n) is 3.82. The second kappa shape index (κ2) is 10.3. The van der Waals surface area contributed by atoms with Gasteiger partial charge in [0.2, 0.25) is 0 Å². The van der Waals surface area contributed by atoms with Crippen molar-refractivity contribution in [1.82, 2.24) is 10.2 Å². The van der Waals surface area contributed by atoms with Crippen molar-refractivity contribution in [2.45, 2.75) is 45.8 Å². The van der Waals surface area contributed by atoms with Gasteiger partial charge in [0.25, 0.3) is 0 Å². The Kier molecular flexibility index (Phi) is 9.98. The number of nitrogens with one attached hydrogen (secondary N) is 1. The van der Waals surface area contributed by atoms with E-state index in [2.05, 4.69) is 68.8 Å². The molecule has 0 bridgehead atoms. The van der Waals surface area contributed by atoms with Crippen molar-refractivity contribution in [3.8, 4) is 5.75 Å². The highest BCUT2D eigenvalue weighted by Crippen LogP contribution is 2.29. The number of halogens is 2. The smallest absolute Gasteiger partial charge is 0.120 e. The number of hydrogen-bond donors (Lipinski definition) is 1. The summed E-state index contributed by atoms with van der Waals surface area (Å²) in [7, 11) is 0. The predicted molar refractivity (Wildman–Crippen MR) is 108 cm³/mol. The molecule has 1 N–H and O–H groups in total.